The molecule has 23 heavy (non-hydrogen) atoms. The molecule has 2 aliphatic rings. The van der Waals surface area contributed by atoms with Crippen LogP contribution >= 0.6 is 0 Å². The standard InChI is InChI=1S/C18H25N3O2/c1-12-6-8-13(9-7-12)19-17(22)11-10-16-20-15-5-3-2-4-14(15)18(23)21-16/h2-5,12-13,18,23H,6-11H2,1H3,(H,19,22)(H,20,21). The van der Waals surface area contributed by atoms with Crippen LogP contribution in [0.25, 0.3) is 0 Å². The van der Waals surface area contributed by atoms with Gasteiger partial charge in [0.1, 0.15) is 5.84 Å². The van der Waals surface area contributed by atoms with Crippen molar-refractivity contribution in [2.24, 2.45) is 10.9 Å². The zero-order chi connectivity index (χ0) is 16.2. The highest BCUT2D eigenvalue weighted by molar-refractivity contribution is 5.99. The van der Waals surface area contributed by atoms with E-state index in [0.717, 1.165) is 30.0 Å². The Balaban J connectivity index is 1.48. The summed E-state index contributed by atoms with van der Waals surface area (Å²) in [5.74, 6) is 1.52. The first-order chi connectivity index (χ1) is 11.1. The van der Waals surface area contributed by atoms with E-state index in [1.165, 1.54) is 12.8 Å². The molecule has 1 heterocycles. The van der Waals surface area contributed by atoms with Crippen molar-refractivity contribution in [3.8, 4) is 0 Å². The quantitative estimate of drug-likeness (QED) is 0.799. The number of carbonyl (C=O) groups excluding carboxylic acids is 1. The fourth-order valence-electron chi connectivity index (χ4n) is 3.30. The molecule has 1 saturated carbocycles. The molecule has 3 rings (SSSR count). The zero-order valence-corrected chi connectivity index (χ0v) is 13.6. The number of nitrogens with one attached hydrogen (secondary N) is 2. The molecule has 124 valence electrons. The number of para-hydroxylation sites is 1. The van der Waals surface area contributed by atoms with Crippen LogP contribution in [0.3, 0.4) is 0 Å². The third-order valence-electron chi connectivity index (χ3n) is 4.77. The second-order valence-electron chi connectivity index (χ2n) is 6.69. The number of aliphatic hydroxyl groups excluding tert-OH is 1. The molecule has 1 unspecified atom stereocenters. The van der Waals surface area contributed by atoms with E-state index in [1.807, 2.05) is 24.3 Å². The van der Waals surface area contributed by atoms with Gasteiger partial charge in [-0.1, -0.05) is 25.1 Å². The van der Waals surface area contributed by atoms with Gasteiger partial charge in [-0.2, -0.15) is 0 Å². The number of aliphatic hydroxyl groups is 1. The van der Waals surface area contributed by atoms with Gasteiger partial charge in [0, 0.05) is 30.1 Å². The Labute approximate surface area is 137 Å². The first-order valence-corrected chi connectivity index (χ1v) is 8.52. The molecule has 1 atom stereocenters. The summed E-state index contributed by atoms with van der Waals surface area (Å²) < 4.78 is 0. The Morgan fingerprint density at radius 3 is 2.83 bits per heavy atom. The fourth-order valence-corrected chi connectivity index (χ4v) is 3.30. The minimum Gasteiger partial charge on any atom is -0.368 e. The molecule has 1 aromatic carbocycles. The highest BCUT2D eigenvalue weighted by Gasteiger charge is 2.21. The summed E-state index contributed by atoms with van der Waals surface area (Å²) in [7, 11) is 0. The molecule has 5 heteroatoms. The number of anilines is 1. The van der Waals surface area contributed by atoms with Crippen molar-refractivity contribution in [3.63, 3.8) is 0 Å². The molecule has 0 saturated heterocycles. The van der Waals surface area contributed by atoms with E-state index in [0.29, 0.717) is 24.7 Å². The van der Waals surface area contributed by atoms with E-state index in [4.69, 9.17) is 0 Å². The summed E-state index contributed by atoms with van der Waals surface area (Å²) >= 11 is 0. The van der Waals surface area contributed by atoms with Crippen molar-refractivity contribution in [2.45, 2.75) is 57.7 Å². The van der Waals surface area contributed by atoms with Gasteiger partial charge in [-0.25, -0.2) is 4.99 Å². The fraction of sp³-hybridized carbons (Fsp3) is 0.556. The van der Waals surface area contributed by atoms with E-state index < -0.39 is 6.23 Å². The minimum atomic E-state index is -0.842. The van der Waals surface area contributed by atoms with Crippen LogP contribution in [-0.4, -0.2) is 22.9 Å². The molecular weight excluding hydrogens is 290 g/mol. The SMILES string of the molecule is CC1CCC(NC(=O)CCC2=NC(O)c3ccccc3N2)CC1. The highest BCUT2D eigenvalue weighted by Crippen LogP contribution is 2.28. The van der Waals surface area contributed by atoms with Gasteiger partial charge >= 0.3 is 0 Å². The number of hydrogen-bond acceptors (Lipinski definition) is 4. The third-order valence-corrected chi connectivity index (χ3v) is 4.77. The number of rotatable bonds is 4. The first-order valence-electron chi connectivity index (χ1n) is 8.52. The van der Waals surface area contributed by atoms with E-state index in [1.54, 1.807) is 0 Å². The monoisotopic (exact) mass is 315 g/mol. The molecule has 1 aliphatic carbocycles. The normalized spacial score (nSPS) is 26.7. The largest absolute Gasteiger partial charge is 0.368 e. The Hall–Kier alpha value is -1.88. The van der Waals surface area contributed by atoms with Gasteiger partial charge < -0.3 is 15.7 Å². The lowest BCUT2D eigenvalue weighted by Gasteiger charge is -2.27. The average molecular weight is 315 g/mol. The number of benzene rings is 1. The van der Waals surface area contributed by atoms with Crippen LogP contribution in [0.15, 0.2) is 29.3 Å². The topological polar surface area (TPSA) is 73.7 Å². The lowest BCUT2D eigenvalue weighted by molar-refractivity contribution is -0.121. The van der Waals surface area contributed by atoms with Crippen LogP contribution in [-0.2, 0) is 4.79 Å². The maximum Gasteiger partial charge on any atom is 0.220 e. The maximum absolute atomic E-state index is 12.1. The number of nitrogens with zero attached hydrogens (tertiary/aromatic N) is 1. The number of amidine groups is 1. The average Bonchev–Trinajstić information content (AvgIpc) is 2.55. The summed E-state index contributed by atoms with van der Waals surface area (Å²) in [6.07, 6.45) is 4.62. The molecular formula is C18H25N3O2. The lowest BCUT2D eigenvalue weighted by Crippen LogP contribution is -2.37. The molecule has 0 spiro atoms. The number of carbonyl (C=O) groups is 1. The third kappa shape index (κ3) is 4.10. The highest BCUT2D eigenvalue weighted by atomic mass is 16.3. The summed E-state index contributed by atoms with van der Waals surface area (Å²) in [5.41, 5.74) is 1.64. The van der Waals surface area contributed by atoms with Crippen LogP contribution in [0.5, 0.6) is 0 Å². The van der Waals surface area contributed by atoms with Crippen LogP contribution in [0, 0.1) is 5.92 Å². The molecule has 1 aromatic rings. The number of hydrogen-bond donors (Lipinski definition) is 3. The first kappa shape index (κ1) is 16.0. The van der Waals surface area contributed by atoms with E-state index in [2.05, 4.69) is 22.5 Å². The second-order valence-corrected chi connectivity index (χ2v) is 6.69. The molecule has 0 bridgehead atoms. The van der Waals surface area contributed by atoms with Gasteiger partial charge in [0.25, 0.3) is 0 Å². The van der Waals surface area contributed by atoms with Crippen molar-refractivity contribution < 1.29 is 9.90 Å². The maximum atomic E-state index is 12.1. The van der Waals surface area contributed by atoms with Crippen LogP contribution in [0.1, 0.15) is 57.2 Å². The van der Waals surface area contributed by atoms with Crippen LogP contribution < -0.4 is 10.6 Å². The van der Waals surface area contributed by atoms with Gasteiger partial charge in [0.2, 0.25) is 5.91 Å². The molecule has 0 radical (unpaired) electrons. The zero-order valence-electron chi connectivity index (χ0n) is 13.6. The Kier molecular flexibility index (Phi) is 4.96. The molecule has 1 aliphatic heterocycles. The summed E-state index contributed by atoms with van der Waals surface area (Å²) in [5, 5.41) is 16.4. The summed E-state index contributed by atoms with van der Waals surface area (Å²) in [4.78, 5) is 16.3. The smallest absolute Gasteiger partial charge is 0.220 e. The second kappa shape index (κ2) is 7.13. The Morgan fingerprint density at radius 2 is 2.04 bits per heavy atom. The van der Waals surface area contributed by atoms with Gasteiger partial charge in [-0.15, -0.1) is 0 Å². The lowest BCUT2D eigenvalue weighted by atomic mass is 9.87. The Bertz CT molecular complexity index is 592. The van der Waals surface area contributed by atoms with Crippen LogP contribution in [0.4, 0.5) is 5.69 Å². The summed E-state index contributed by atoms with van der Waals surface area (Å²) in [6, 6.07) is 7.88. The molecule has 1 fully saturated rings. The van der Waals surface area contributed by atoms with E-state index >= 15 is 0 Å². The van der Waals surface area contributed by atoms with Crippen molar-refractivity contribution >= 4 is 17.4 Å². The van der Waals surface area contributed by atoms with Gasteiger partial charge in [-0.3, -0.25) is 4.79 Å². The number of aliphatic imine (C=N–C) groups is 1. The minimum absolute atomic E-state index is 0.0717. The molecule has 3 N–H and O–H groups in total. The number of amides is 1. The molecule has 5 nitrogen and oxygen atoms in total. The van der Waals surface area contributed by atoms with Crippen molar-refractivity contribution in [3.05, 3.63) is 29.8 Å². The van der Waals surface area contributed by atoms with E-state index in [-0.39, 0.29) is 5.91 Å². The Morgan fingerprint density at radius 1 is 1.30 bits per heavy atom. The summed E-state index contributed by atoms with van der Waals surface area (Å²) in [6.45, 7) is 2.27. The predicted molar refractivity (Wildman–Crippen MR) is 91.3 cm³/mol. The predicted octanol–water partition coefficient (Wildman–Crippen LogP) is 2.98. The van der Waals surface area contributed by atoms with Gasteiger partial charge in [-0.05, 0) is 37.7 Å². The van der Waals surface area contributed by atoms with Crippen LogP contribution in [0.2, 0.25) is 0 Å². The van der Waals surface area contributed by atoms with Gasteiger partial charge in [0.05, 0.1) is 0 Å². The van der Waals surface area contributed by atoms with Crippen molar-refractivity contribution in [2.75, 3.05) is 5.32 Å². The van der Waals surface area contributed by atoms with Gasteiger partial charge in [0.15, 0.2) is 6.23 Å². The van der Waals surface area contributed by atoms with E-state index in [9.17, 15) is 9.90 Å². The molecule has 0 aromatic heterocycles. The van der Waals surface area contributed by atoms with Crippen molar-refractivity contribution in [1.29, 1.82) is 0 Å². The number of fused-ring (bicyclic) bond motifs is 1. The van der Waals surface area contributed by atoms with Crippen molar-refractivity contribution in [1.82, 2.24) is 5.32 Å². The molecule has 1 amide bonds.